The highest BCUT2D eigenvalue weighted by Gasteiger charge is 2.04. The van der Waals surface area contributed by atoms with Crippen molar-refractivity contribution in [2.75, 3.05) is 13.7 Å². The largest absolute Gasteiger partial charge is 0.493 e. The molecule has 5 nitrogen and oxygen atoms in total. The van der Waals surface area contributed by atoms with Gasteiger partial charge in [0.1, 0.15) is 0 Å². The van der Waals surface area contributed by atoms with Crippen LogP contribution in [0.1, 0.15) is 57.9 Å². The minimum absolute atomic E-state index is 0.0457. The summed E-state index contributed by atoms with van der Waals surface area (Å²) < 4.78 is 10.7. The topological polar surface area (TPSA) is 59.9 Å². The minimum atomic E-state index is -0.0457. The fourth-order valence-corrected chi connectivity index (χ4v) is 2.16. The van der Waals surface area contributed by atoms with Crippen molar-refractivity contribution < 1.29 is 14.3 Å². The van der Waals surface area contributed by atoms with Gasteiger partial charge in [0.05, 0.1) is 19.9 Å². The number of methoxy groups -OCH3 is 1. The van der Waals surface area contributed by atoms with E-state index in [1.165, 1.54) is 19.3 Å². The Morgan fingerprint density at radius 2 is 1.96 bits per heavy atom. The average molecular weight is 320 g/mol. The monoisotopic (exact) mass is 320 g/mol. The average Bonchev–Trinajstić information content (AvgIpc) is 2.56. The Balaban J connectivity index is 2.40. The maximum atomic E-state index is 11.7. The van der Waals surface area contributed by atoms with Crippen LogP contribution in [0.4, 0.5) is 0 Å². The van der Waals surface area contributed by atoms with Crippen molar-refractivity contribution in [2.45, 2.75) is 52.4 Å². The predicted molar refractivity (Wildman–Crippen MR) is 93.3 cm³/mol. The van der Waals surface area contributed by atoms with Gasteiger partial charge in [-0.1, -0.05) is 32.6 Å². The lowest BCUT2D eigenvalue weighted by molar-refractivity contribution is -0.121. The molecule has 23 heavy (non-hydrogen) atoms. The zero-order chi connectivity index (χ0) is 16.9. The number of rotatable bonds is 11. The summed E-state index contributed by atoms with van der Waals surface area (Å²) in [5.74, 6) is 1.30. The van der Waals surface area contributed by atoms with E-state index in [1.807, 2.05) is 25.1 Å². The van der Waals surface area contributed by atoms with Crippen LogP contribution in [0.25, 0.3) is 0 Å². The number of hydrazone groups is 1. The van der Waals surface area contributed by atoms with Crippen molar-refractivity contribution in [3.8, 4) is 11.5 Å². The molecule has 1 amide bonds. The first kappa shape index (κ1) is 19.0. The van der Waals surface area contributed by atoms with E-state index in [4.69, 9.17) is 9.47 Å². The van der Waals surface area contributed by atoms with Crippen LogP contribution in [0.5, 0.6) is 11.5 Å². The number of carbonyl (C=O) groups excluding carboxylic acids is 1. The van der Waals surface area contributed by atoms with Crippen LogP contribution in [0.3, 0.4) is 0 Å². The van der Waals surface area contributed by atoms with Gasteiger partial charge in [0.15, 0.2) is 11.5 Å². The molecule has 0 saturated carbocycles. The van der Waals surface area contributed by atoms with Gasteiger partial charge in [-0.15, -0.1) is 0 Å². The number of nitrogens with one attached hydrogen (secondary N) is 1. The molecule has 0 saturated heterocycles. The molecule has 0 bridgehead atoms. The number of benzene rings is 1. The lowest BCUT2D eigenvalue weighted by Gasteiger charge is -2.09. The molecule has 0 heterocycles. The van der Waals surface area contributed by atoms with E-state index in [9.17, 15) is 4.79 Å². The molecule has 0 aromatic heterocycles. The molecule has 1 N–H and O–H groups in total. The van der Waals surface area contributed by atoms with Crippen molar-refractivity contribution in [3.63, 3.8) is 0 Å². The van der Waals surface area contributed by atoms with Gasteiger partial charge in [-0.2, -0.15) is 5.10 Å². The second-order valence-corrected chi connectivity index (χ2v) is 5.30. The summed E-state index contributed by atoms with van der Waals surface area (Å²) in [5, 5.41) is 3.99. The number of hydrogen-bond donors (Lipinski definition) is 1. The first-order chi connectivity index (χ1) is 11.2. The summed E-state index contributed by atoms with van der Waals surface area (Å²) in [6.07, 6.45) is 7.78. The predicted octanol–water partition coefficient (Wildman–Crippen LogP) is 3.90. The minimum Gasteiger partial charge on any atom is -0.493 e. The van der Waals surface area contributed by atoms with E-state index in [0.29, 0.717) is 24.5 Å². The molecule has 0 aliphatic rings. The summed E-state index contributed by atoms with van der Waals surface area (Å²) in [5.41, 5.74) is 3.40. The number of unbranched alkanes of at least 4 members (excludes halogenated alkanes) is 4. The lowest BCUT2D eigenvalue weighted by atomic mass is 10.1. The second kappa shape index (κ2) is 11.5. The van der Waals surface area contributed by atoms with Crippen molar-refractivity contribution in [3.05, 3.63) is 23.8 Å². The molecule has 0 atom stereocenters. The van der Waals surface area contributed by atoms with Crippen molar-refractivity contribution >= 4 is 12.1 Å². The molecule has 0 spiro atoms. The van der Waals surface area contributed by atoms with Crippen LogP contribution in [0.15, 0.2) is 23.3 Å². The molecule has 1 rings (SSSR count). The van der Waals surface area contributed by atoms with E-state index >= 15 is 0 Å². The molecular weight excluding hydrogens is 292 g/mol. The van der Waals surface area contributed by atoms with Gasteiger partial charge in [0.25, 0.3) is 0 Å². The highest BCUT2D eigenvalue weighted by Crippen LogP contribution is 2.27. The Kier molecular flexibility index (Phi) is 9.52. The highest BCUT2D eigenvalue weighted by atomic mass is 16.5. The number of nitrogens with zero attached hydrogens (tertiary/aromatic N) is 1. The third kappa shape index (κ3) is 7.68. The molecule has 0 fully saturated rings. The first-order valence-electron chi connectivity index (χ1n) is 8.34. The van der Waals surface area contributed by atoms with Crippen LogP contribution in [0, 0.1) is 0 Å². The molecule has 0 aliphatic heterocycles. The third-order valence-corrected chi connectivity index (χ3v) is 3.40. The summed E-state index contributed by atoms with van der Waals surface area (Å²) in [6.45, 7) is 4.68. The van der Waals surface area contributed by atoms with E-state index in [2.05, 4.69) is 17.5 Å². The summed E-state index contributed by atoms with van der Waals surface area (Å²) in [6, 6.07) is 5.53. The second-order valence-electron chi connectivity index (χ2n) is 5.30. The first-order valence-corrected chi connectivity index (χ1v) is 8.34. The normalized spacial score (nSPS) is 10.7. The Morgan fingerprint density at radius 1 is 1.17 bits per heavy atom. The van der Waals surface area contributed by atoms with Crippen molar-refractivity contribution in [1.29, 1.82) is 0 Å². The number of hydrogen-bond acceptors (Lipinski definition) is 4. The third-order valence-electron chi connectivity index (χ3n) is 3.40. The molecule has 1 aromatic rings. The Labute approximate surface area is 139 Å². The van der Waals surface area contributed by atoms with Crippen LogP contribution in [-0.2, 0) is 4.79 Å². The SMILES string of the molecule is CCCCCCCC(=O)N/N=C/c1ccc(OCC)c(OC)c1. The van der Waals surface area contributed by atoms with Crippen LogP contribution in [-0.4, -0.2) is 25.8 Å². The molecule has 128 valence electrons. The fourth-order valence-electron chi connectivity index (χ4n) is 2.16. The molecular formula is C18H28N2O3. The quantitative estimate of drug-likeness (QED) is 0.382. The summed E-state index contributed by atoms with van der Waals surface area (Å²) in [7, 11) is 1.60. The summed E-state index contributed by atoms with van der Waals surface area (Å²) in [4.78, 5) is 11.7. The van der Waals surface area contributed by atoms with E-state index in [-0.39, 0.29) is 5.91 Å². The van der Waals surface area contributed by atoms with E-state index < -0.39 is 0 Å². The number of carbonyl (C=O) groups is 1. The molecule has 0 unspecified atom stereocenters. The summed E-state index contributed by atoms with van der Waals surface area (Å²) >= 11 is 0. The van der Waals surface area contributed by atoms with Gasteiger partial charge in [-0.25, -0.2) is 5.43 Å². The Hall–Kier alpha value is -2.04. The van der Waals surface area contributed by atoms with Gasteiger partial charge in [-0.3, -0.25) is 4.79 Å². The fraction of sp³-hybridized carbons (Fsp3) is 0.556. The zero-order valence-corrected chi connectivity index (χ0v) is 14.4. The van der Waals surface area contributed by atoms with E-state index in [1.54, 1.807) is 13.3 Å². The van der Waals surface area contributed by atoms with Gasteiger partial charge in [-0.05, 0) is 37.1 Å². The zero-order valence-electron chi connectivity index (χ0n) is 14.4. The van der Waals surface area contributed by atoms with Gasteiger partial charge >= 0.3 is 0 Å². The lowest BCUT2D eigenvalue weighted by Crippen LogP contribution is -2.16. The van der Waals surface area contributed by atoms with Crippen LogP contribution < -0.4 is 14.9 Å². The van der Waals surface area contributed by atoms with Gasteiger partial charge in [0, 0.05) is 6.42 Å². The van der Waals surface area contributed by atoms with Crippen LogP contribution in [0.2, 0.25) is 0 Å². The maximum absolute atomic E-state index is 11.7. The molecule has 0 aliphatic carbocycles. The van der Waals surface area contributed by atoms with Gasteiger partial charge < -0.3 is 9.47 Å². The number of amides is 1. The number of ether oxygens (including phenoxy) is 2. The van der Waals surface area contributed by atoms with Gasteiger partial charge in [0.2, 0.25) is 5.91 Å². The molecule has 5 heteroatoms. The molecule has 0 radical (unpaired) electrons. The highest BCUT2D eigenvalue weighted by molar-refractivity contribution is 5.83. The Bertz CT molecular complexity index is 501. The Morgan fingerprint density at radius 3 is 2.65 bits per heavy atom. The van der Waals surface area contributed by atoms with Crippen molar-refractivity contribution in [1.82, 2.24) is 5.43 Å². The van der Waals surface area contributed by atoms with Crippen molar-refractivity contribution in [2.24, 2.45) is 5.10 Å². The smallest absolute Gasteiger partial charge is 0.240 e. The standard InChI is InChI=1S/C18H28N2O3/c1-4-6-7-8-9-10-18(21)20-19-14-15-11-12-16(23-5-2)17(13-15)22-3/h11-14H,4-10H2,1-3H3,(H,20,21)/b19-14+. The maximum Gasteiger partial charge on any atom is 0.240 e. The van der Waals surface area contributed by atoms with E-state index in [0.717, 1.165) is 18.4 Å². The van der Waals surface area contributed by atoms with Crippen LogP contribution >= 0.6 is 0 Å². The molecule has 1 aromatic carbocycles.